The average Bonchev–Trinajstić information content (AvgIpc) is 3.19. The molecule has 1 fully saturated rings. The number of nitrogens with one attached hydrogen (secondary N) is 2. The van der Waals surface area contributed by atoms with Crippen molar-refractivity contribution in [2.24, 2.45) is 7.05 Å². The van der Waals surface area contributed by atoms with Crippen LogP contribution in [-0.4, -0.2) is 33.9 Å². The molecule has 1 aliphatic rings. The van der Waals surface area contributed by atoms with Crippen molar-refractivity contribution in [1.82, 2.24) is 20.1 Å². The van der Waals surface area contributed by atoms with Crippen LogP contribution in [0.5, 0.6) is 0 Å². The maximum atomic E-state index is 12.4. The zero-order valence-corrected chi connectivity index (χ0v) is 16.1. The molecule has 0 spiro atoms. The molecule has 1 saturated heterocycles. The Kier molecular flexibility index (Phi) is 4.74. The molecule has 1 aromatic carbocycles. The first-order valence-corrected chi connectivity index (χ1v) is 9.50. The van der Waals surface area contributed by atoms with E-state index in [1.807, 2.05) is 6.92 Å². The topological polar surface area (TPSA) is 71.9 Å². The smallest absolute Gasteiger partial charge is 0.269 e. The van der Waals surface area contributed by atoms with Crippen LogP contribution in [0.15, 0.2) is 24.3 Å². The van der Waals surface area contributed by atoms with Crippen LogP contribution in [-0.2, 0) is 18.3 Å². The van der Waals surface area contributed by atoms with Gasteiger partial charge in [0.2, 0.25) is 0 Å². The highest BCUT2D eigenvalue weighted by Crippen LogP contribution is 2.33. The van der Waals surface area contributed by atoms with Gasteiger partial charge in [-0.3, -0.25) is 9.48 Å². The molecule has 1 amide bonds. The van der Waals surface area contributed by atoms with Crippen molar-refractivity contribution in [3.8, 4) is 0 Å². The number of H-pyrrole nitrogens is 1. The molecule has 1 aliphatic heterocycles. The summed E-state index contributed by atoms with van der Waals surface area (Å²) in [6.45, 7) is 6.24. The molecule has 3 aromatic rings. The number of aromatic amines is 1. The number of fused-ring (bicyclic) bond motifs is 1. The molecule has 2 N–H and O–H groups in total. The van der Waals surface area contributed by atoms with Gasteiger partial charge >= 0.3 is 0 Å². The molecule has 0 atom stereocenters. The van der Waals surface area contributed by atoms with Crippen LogP contribution in [0.1, 0.15) is 51.8 Å². The third-order valence-electron chi connectivity index (χ3n) is 5.48. The zero-order valence-electron chi connectivity index (χ0n) is 16.1. The molecule has 2 aromatic heterocycles. The summed E-state index contributed by atoms with van der Waals surface area (Å²) >= 11 is 0. The number of aromatic nitrogens is 3. The lowest BCUT2D eigenvalue weighted by Crippen LogP contribution is -2.25. The van der Waals surface area contributed by atoms with Gasteiger partial charge in [0, 0.05) is 49.3 Å². The molecule has 4 rings (SSSR count). The molecule has 3 heterocycles. The highest BCUT2D eigenvalue weighted by molar-refractivity contribution is 5.92. The Morgan fingerprint density at radius 3 is 2.78 bits per heavy atom. The Labute approximate surface area is 158 Å². The van der Waals surface area contributed by atoms with Crippen LogP contribution in [0, 0.1) is 13.8 Å². The molecule has 0 aliphatic carbocycles. The number of hydrogen-bond donors (Lipinski definition) is 2. The lowest BCUT2D eigenvalue weighted by Gasteiger charge is -2.21. The minimum Gasteiger partial charge on any atom is -0.381 e. The number of hydrogen-bond acceptors (Lipinski definition) is 3. The molecule has 142 valence electrons. The van der Waals surface area contributed by atoms with Crippen molar-refractivity contribution < 1.29 is 9.53 Å². The molecular weight excluding hydrogens is 340 g/mol. The molecule has 6 nitrogen and oxygen atoms in total. The molecule has 0 unspecified atom stereocenters. The van der Waals surface area contributed by atoms with Crippen LogP contribution in [0.25, 0.3) is 10.9 Å². The van der Waals surface area contributed by atoms with Gasteiger partial charge < -0.3 is 15.0 Å². The standard InChI is InChI=1S/C21H26N4O2/c1-13-10-19(25(3)24-13)21(26)22-12-15-4-5-18-17(11-15)14(2)20(23-18)16-6-8-27-9-7-16/h4-5,10-11,16,23H,6-9,12H2,1-3H3,(H,22,26). The van der Waals surface area contributed by atoms with E-state index in [0.29, 0.717) is 18.2 Å². The van der Waals surface area contributed by atoms with E-state index in [4.69, 9.17) is 4.74 Å². The minimum atomic E-state index is -0.105. The van der Waals surface area contributed by atoms with Gasteiger partial charge in [-0.15, -0.1) is 0 Å². The van der Waals surface area contributed by atoms with E-state index in [9.17, 15) is 4.79 Å². The zero-order chi connectivity index (χ0) is 19.0. The number of amides is 1. The summed E-state index contributed by atoms with van der Waals surface area (Å²) in [6.07, 6.45) is 2.14. The molecular formula is C21H26N4O2. The van der Waals surface area contributed by atoms with Gasteiger partial charge in [-0.2, -0.15) is 5.10 Å². The summed E-state index contributed by atoms with van der Waals surface area (Å²) in [7, 11) is 1.79. The van der Waals surface area contributed by atoms with E-state index in [-0.39, 0.29) is 5.91 Å². The maximum Gasteiger partial charge on any atom is 0.269 e. The van der Waals surface area contributed by atoms with E-state index >= 15 is 0 Å². The predicted octanol–water partition coefficient (Wildman–Crippen LogP) is 3.34. The Morgan fingerprint density at radius 1 is 1.30 bits per heavy atom. The van der Waals surface area contributed by atoms with Crippen LogP contribution in [0.2, 0.25) is 0 Å². The van der Waals surface area contributed by atoms with E-state index < -0.39 is 0 Å². The van der Waals surface area contributed by atoms with Crippen LogP contribution >= 0.6 is 0 Å². The number of carbonyl (C=O) groups is 1. The second-order valence-corrected chi connectivity index (χ2v) is 7.41. The van der Waals surface area contributed by atoms with E-state index in [1.54, 1.807) is 17.8 Å². The van der Waals surface area contributed by atoms with Crippen molar-refractivity contribution in [1.29, 1.82) is 0 Å². The first-order valence-electron chi connectivity index (χ1n) is 9.50. The Hall–Kier alpha value is -2.60. The van der Waals surface area contributed by atoms with Crippen molar-refractivity contribution in [3.63, 3.8) is 0 Å². The van der Waals surface area contributed by atoms with Gasteiger partial charge in [0.1, 0.15) is 5.69 Å². The van der Waals surface area contributed by atoms with Gasteiger partial charge in [-0.1, -0.05) is 6.07 Å². The highest BCUT2D eigenvalue weighted by Gasteiger charge is 2.21. The third kappa shape index (κ3) is 3.49. The fourth-order valence-electron chi connectivity index (χ4n) is 4.00. The van der Waals surface area contributed by atoms with Crippen LogP contribution < -0.4 is 5.32 Å². The first-order chi connectivity index (χ1) is 13.0. The second kappa shape index (κ2) is 7.19. The molecule has 0 bridgehead atoms. The van der Waals surface area contributed by atoms with Crippen LogP contribution in [0.3, 0.4) is 0 Å². The number of ether oxygens (including phenoxy) is 1. The lowest BCUT2D eigenvalue weighted by atomic mass is 9.93. The van der Waals surface area contributed by atoms with Gasteiger partial charge in [-0.25, -0.2) is 0 Å². The van der Waals surface area contributed by atoms with E-state index in [0.717, 1.165) is 42.8 Å². The van der Waals surface area contributed by atoms with Gasteiger partial charge in [0.05, 0.1) is 5.69 Å². The summed E-state index contributed by atoms with van der Waals surface area (Å²) < 4.78 is 7.11. The average molecular weight is 366 g/mol. The van der Waals surface area contributed by atoms with Gasteiger partial charge in [-0.05, 0) is 56.0 Å². The van der Waals surface area contributed by atoms with E-state index in [2.05, 4.69) is 40.5 Å². The highest BCUT2D eigenvalue weighted by atomic mass is 16.5. The van der Waals surface area contributed by atoms with E-state index in [1.165, 1.54) is 16.6 Å². The van der Waals surface area contributed by atoms with Crippen LogP contribution in [0.4, 0.5) is 0 Å². The van der Waals surface area contributed by atoms with Crippen molar-refractivity contribution in [2.45, 2.75) is 39.2 Å². The Bertz CT molecular complexity index is 980. The quantitative estimate of drug-likeness (QED) is 0.744. The molecule has 0 saturated carbocycles. The number of nitrogens with zero attached hydrogens (tertiary/aromatic N) is 2. The summed E-state index contributed by atoms with van der Waals surface area (Å²) in [5.41, 5.74) is 6.31. The van der Waals surface area contributed by atoms with Crippen molar-refractivity contribution in [3.05, 3.63) is 52.5 Å². The maximum absolute atomic E-state index is 12.4. The fraction of sp³-hybridized carbons (Fsp3) is 0.429. The SMILES string of the molecule is Cc1cc(C(=O)NCc2ccc3[nH]c(C4CCOCC4)c(C)c3c2)n(C)n1. The second-order valence-electron chi connectivity index (χ2n) is 7.41. The number of benzene rings is 1. The number of aryl methyl sites for hydroxylation is 3. The van der Waals surface area contributed by atoms with Gasteiger partial charge in [0.25, 0.3) is 5.91 Å². The monoisotopic (exact) mass is 366 g/mol. The summed E-state index contributed by atoms with van der Waals surface area (Å²) in [4.78, 5) is 16.0. The minimum absolute atomic E-state index is 0.105. The fourth-order valence-corrected chi connectivity index (χ4v) is 4.00. The van der Waals surface area contributed by atoms with Crippen molar-refractivity contribution in [2.75, 3.05) is 13.2 Å². The molecule has 27 heavy (non-hydrogen) atoms. The largest absolute Gasteiger partial charge is 0.381 e. The summed E-state index contributed by atoms with van der Waals surface area (Å²) in [5.74, 6) is 0.439. The number of carbonyl (C=O) groups excluding carboxylic acids is 1. The third-order valence-corrected chi connectivity index (χ3v) is 5.48. The van der Waals surface area contributed by atoms with Crippen molar-refractivity contribution >= 4 is 16.8 Å². The molecule has 0 radical (unpaired) electrons. The first kappa shape index (κ1) is 17.8. The summed E-state index contributed by atoms with van der Waals surface area (Å²) in [6, 6.07) is 8.16. The molecule has 6 heteroatoms. The normalized spacial score (nSPS) is 15.4. The Morgan fingerprint density at radius 2 is 2.07 bits per heavy atom. The Balaban J connectivity index is 1.52. The summed E-state index contributed by atoms with van der Waals surface area (Å²) in [5, 5.41) is 8.46. The number of rotatable bonds is 4. The van der Waals surface area contributed by atoms with Gasteiger partial charge in [0.15, 0.2) is 0 Å². The predicted molar refractivity (Wildman–Crippen MR) is 105 cm³/mol. The lowest BCUT2D eigenvalue weighted by molar-refractivity contribution is 0.0845.